The molecule has 3 rings (SSSR count). The van der Waals surface area contributed by atoms with Crippen LogP contribution < -0.4 is 5.32 Å². The van der Waals surface area contributed by atoms with Gasteiger partial charge in [0.15, 0.2) is 15.7 Å². The van der Waals surface area contributed by atoms with Gasteiger partial charge in [0, 0.05) is 18.7 Å². The van der Waals surface area contributed by atoms with Gasteiger partial charge in [0.2, 0.25) is 11.8 Å². The molecule has 1 aromatic rings. The number of amides is 2. The Morgan fingerprint density at radius 1 is 1.42 bits per heavy atom. The Balaban J connectivity index is 1.59. The molecule has 9 heteroatoms. The maximum atomic E-state index is 12.6. The zero-order valence-electron chi connectivity index (χ0n) is 13.7. The highest BCUT2D eigenvalue weighted by molar-refractivity contribution is 7.91. The molecular weight excluding hydrogens is 334 g/mol. The third kappa shape index (κ3) is 3.45. The number of anilines is 1. The van der Waals surface area contributed by atoms with Crippen LogP contribution in [-0.4, -0.2) is 54.4 Å². The van der Waals surface area contributed by atoms with Crippen molar-refractivity contribution in [1.82, 2.24) is 10.1 Å². The van der Waals surface area contributed by atoms with E-state index in [4.69, 9.17) is 4.52 Å². The molecular formula is C15H21N3O5S. The molecule has 2 heterocycles. The number of nitrogens with zero attached hydrogens (tertiary/aromatic N) is 2. The quantitative estimate of drug-likeness (QED) is 0.828. The minimum absolute atomic E-state index is 0.0222. The van der Waals surface area contributed by atoms with Crippen LogP contribution in [0.2, 0.25) is 0 Å². The molecule has 1 aliphatic carbocycles. The Morgan fingerprint density at radius 2 is 2.17 bits per heavy atom. The van der Waals surface area contributed by atoms with Crippen LogP contribution >= 0.6 is 0 Å². The summed E-state index contributed by atoms with van der Waals surface area (Å²) >= 11 is 0. The third-order valence-electron chi connectivity index (χ3n) is 4.60. The van der Waals surface area contributed by atoms with E-state index in [0.717, 1.165) is 0 Å². The fourth-order valence-corrected chi connectivity index (χ4v) is 4.96. The van der Waals surface area contributed by atoms with Gasteiger partial charge >= 0.3 is 0 Å². The summed E-state index contributed by atoms with van der Waals surface area (Å²) in [6.07, 6.45) is 0.960. The molecule has 0 bridgehead atoms. The van der Waals surface area contributed by atoms with E-state index in [2.05, 4.69) is 10.5 Å². The number of carbonyl (C=O) groups is 2. The fourth-order valence-electron chi connectivity index (χ4n) is 3.23. The topological polar surface area (TPSA) is 110 Å². The predicted molar refractivity (Wildman–Crippen MR) is 85.9 cm³/mol. The number of rotatable bonds is 5. The minimum atomic E-state index is -3.05. The molecule has 2 aliphatic rings. The summed E-state index contributed by atoms with van der Waals surface area (Å²) in [7, 11) is -3.05. The van der Waals surface area contributed by atoms with Crippen LogP contribution in [0.4, 0.5) is 5.82 Å². The molecule has 1 aromatic heterocycles. The van der Waals surface area contributed by atoms with Gasteiger partial charge < -0.3 is 14.7 Å². The maximum absolute atomic E-state index is 12.6. The molecule has 1 N–H and O–H groups in total. The number of sulfone groups is 1. The van der Waals surface area contributed by atoms with E-state index in [1.54, 1.807) is 17.9 Å². The van der Waals surface area contributed by atoms with Crippen molar-refractivity contribution in [3.63, 3.8) is 0 Å². The molecule has 1 aliphatic heterocycles. The molecule has 0 radical (unpaired) electrons. The van der Waals surface area contributed by atoms with Gasteiger partial charge in [-0.3, -0.25) is 9.59 Å². The van der Waals surface area contributed by atoms with Crippen molar-refractivity contribution in [2.45, 2.75) is 32.7 Å². The number of carbonyl (C=O) groups excluding carboxylic acids is 2. The molecule has 3 unspecified atom stereocenters. The van der Waals surface area contributed by atoms with Crippen LogP contribution in [0.15, 0.2) is 10.6 Å². The first-order valence-corrected chi connectivity index (χ1v) is 9.88. The van der Waals surface area contributed by atoms with E-state index in [1.165, 1.54) is 0 Å². The van der Waals surface area contributed by atoms with Gasteiger partial charge in [0.05, 0.1) is 23.3 Å². The van der Waals surface area contributed by atoms with Crippen molar-refractivity contribution in [3.8, 4) is 0 Å². The molecule has 3 atom stereocenters. The smallest absolute Gasteiger partial charge is 0.229 e. The van der Waals surface area contributed by atoms with Crippen molar-refractivity contribution < 1.29 is 22.5 Å². The lowest BCUT2D eigenvalue weighted by molar-refractivity contribution is -0.135. The monoisotopic (exact) mass is 355 g/mol. The average Bonchev–Trinajstić information content (AvgIpc) is 3.11. The maximum Gasteiger partial charge on any atom is 0.229 e. The summed E-state index contributed by atoms with van der Waals surface area (Å²) in [5.74, 6) is -0.0653. The Bertz CT molecular complexity index is 757. The normalized spacial score (nSPS) is 27.7. The summed E-state index contributed by atoms with van der Waals surface area (Å²) in [5.41, 5.74) is 0. The fraction of sp³-hybridized carbons (Fsp3) is 0.667. The van der Waals surface area contributed by atoms with Crippen LogP contribution in [0.3, 0.4) is 0 Å². The van der Waals surface area contributed by atoms with Gasteiger partial charge in [0.1, 0.15) is 5.76 Å². The highest BCUT2D eigenvalue weighted by Crippen LogP contribution is 2.41. The first kappa shape index (κ1) is 16.9. The SMILES string of the molecule is CCN(C(=O)C1CC1C(=O)Nc1cc(C)on1)C1CCS(=O)(=O)C1. The lowest BCUT2D eigenvalue weighted by atomic mass is 10.2. The Morgan fingerprint density at radius 3 is 2.71 bits per heavy atom. The zero-order valence-corrected chi connectivity index (χ0v) is 14.5. The number of hydrogen-bond donors (Lipinski definition) is 1. The summed E-state index contributed by atoms with van der Waals surface area (Å²) in [5, 5.41) is 6.34. The van der Waals surface area contributed by atoms with Crippen molar-refractivity contribution >= 4 is 27.5 Å². The molecule has 2 fully saturated rings. The van der Waals surface area contributed by atoms with Gasteiger partial charge in [-0.1, -0.05) is 5.16 Å². The molecule has 0 spiro atoms. The lowest BCUT2D eigenvalue weighted by Gasteiger charge is -2.27. The minimum Gasteiger partial charge on any atom is -0.360 e. The van der Waals surface area contributed by atoms with Gasteiger partial charge in [-0.15, -0.1) is 0 Å². The molecule has 24 heavy (non-hydrogen) atoms. The first-order chi connectivity index (χ1) is 11.3. The highest BCUT2D eigenvalue weighted by Gasteiger charge is 2.51. The van der Waals surface area contributed by atoms with Crippen molar-refractivity contribution in [1.29, 1.82) is 0 Å². The largest absolute Gasteiger partial charge is 0.360 e. The second-order valence-corrected chi connectivity index (χ2v) is 8.67. The van der Waals surface area contributed by atoms with E-state index in [9.17, 15) is 18.0 Å². The van der Waals surface area contributed by atoms with E-state index >= 15 is 0 Å². The van der Waals surface area contributed by atoms with E-state index in [-0.39, 0.29) is 41.2 Å². The molecule has 1 saturated heterocycles. The van der Waals surface area contributed by atoms with E-state index in [1.807, 2.05) is 6.92 Å². The number of aryl methyl sites for hydroxylation is 1. The number of aromatic nitrogens is 1. The van der Waals surface area contributed by atoms with Crippen molar-refractivity contribution in [2.24, 2.45) is 11.8 Å². The van der Waals surface area contributed by atoms with Crippen LogP contribution in [-0.2, 0) is 19.4 Å². The molecule has 2 amide bonds. The van der Waals surface area contributed by atoms with Crippen molar-refractivity contribution in [3.05, 3.63) is 11.8 Å². The van der Waals surface area contributed by atoms with E-state index in [0.29, 0.717) is 31.0 Å². The summed E-state index contributed by atoms with van der Waals surface area (Å²) in [6.45, 7) is 4.01. The van der Waals surface area contributed by atoms with Crippen LogP contribution in [0, 0.1) is 18.8 Å². The van der Waals surface area contributed by atoms with Crippen molar-refractivity contribution in [2.75, 3.05) is 23.4 Å². The molecule has 0 aromatic carbocycles. The molecule has 132 valence electrons. The number of hydrogen-bond acceptors (Lipinski definition) is 6. The molecule has 1 saturated carbocycles. The zero-order chi connectivity index (χ0) is 17.5. The Kier molecular flexibility index (Phi) is 4.37. The second kappa shape index (κ2) is 6.19. The summed E-state index contributed by atoms with van der Waals surface area (Å²) in [6, 6.07) is 1.34. The Hall–Kier alpha value is -1.90. The average molecular weight is 355 g/mol. The summed E-state index contributed by atoms with van der Waals surface area (Å²) in [4.78, 5) is 26.4. The predicted octanol–water partition coefficient (Wildman–Crippen LogP) is 0.593. The highest BCUT2D eigenvalue weighted by atomic mass is 32.2. The van der Waals surface area contributed by atoms with Crippen LogP contribution in [0.5, 0.6) is 0 Å². The van der Waals surface area contributed by atoms with Gasteiger partial charge in [0.25, 0.3) is 0 Å². The van der Waals surface area contributed by atoms with Gasteiger partial charge in [-0.2, -0.15) is 0 Å². The first-order valence-electron chi connectivity index (χ1n) is 8.06. The summed E-state index contributed by atoms with van der Waals surface area (Å²) < 4.78 is 28.1. The molecule has 8 nitrogen and oxygen atoms in total. The number of nitrogens with one attached hydrogen (secondary N) is 1. The van der Waals surface area contributed by atoms with Crippen LogP contribution in [0.1, 0.15) is 25.5 Å². The standard InChI is InChI=1S/C15H21N3O5S/c1-3-18(10-4-5-24(21,22)8-10)15(20)12-7-11(12)14(19)16-13-6-9(2)23-17-13/h6,10-12H,3-5,7-8H2,1-2H3,(H,16,17,19). The van der Waals surface area contributed by atoms with E-state index < -0.39 is 9.84 Å². The van der Waals surface area contributed by atoms with Gasteiger partial charge in [-0.05, 0) is 26.7 Å². The second-order valence-electron chi connectivity index (χ2n) is 6.44. The van der Waals surface area contributed by atoms with Crippen LogP contribution in [0.25, 0.3) is 0 Å². The third-order valence-corrected chi connectivity index (χ3v) is 6.35. The van der Waals surface area contributed by atoms with Gasteiger partial charge in [-0.25, -0.2) is 8.42 Å². The lowest BCUT2D eigenvalue weighted by Crippen LogP contribution is -2.42. The Labute approximate surface area is 140 Å².